The number of benzene rings is 1. The van der Waals surface area contributed by atoms with Gasteiger partial charge in [-0.2, -0.15) is 0 Å². The van der Waals surface area contributed by atoms with Crippen molar-refractivity contribution in [3.63, 3.8) is 0 Å². The van der Waals surface area contributed by atoms with Crippen LogP contribution in [0.5, 0.6) is 5.88 Å². The average Bonchev–Trinajstić information content (AvgIpc) is 2.70. The molecular weight excluding hydrogens is 344 g/mol. The van der Waals surface area contributed by atoms with Gasteiger partial charge in [0.05, 0.1) is 18.3 Å². The molecule has 0 atom stereocenters. The first-order valence-corrected chi connectivity index (χ1v) is 9.04. The molecule has 1 aromatic carbocycles. The van der Waals surface area contributed by atoms with Crippen molar-refractivity contribution in [1.82, 2.24) is 14.5 Å². The summed E-state index contributed by atoms with van der Waals surface area (Å²) in [5.41, 5.74) is 2.76. The van der Waals surface area contributed by atoms with Crippen LogP contribution in [0, 0.1) is 0 Å². The van der Waals surface area contributed by atoms with E-state index in [1.165, 1.54) is 4.57 Å². The van der Waals surface area contributed by atoms with Gasteiger partial charge in [0.25, 0.3) is 5.88 Å². The zero-order chi connectivity index (χ0) is 18.8. The number of anilines is 1. The summed E-state index contributed by atoms with van der Waals surface area (Å²) in [4.78, 5) is 36.0. The molecule has 0 aliphatic carbocycles. The standard InChI is InChI=1S/C20H20N4O3/c1-2-27-19-20(26)24(17-9-10-21-12-15(17)22-19)13-18(25)23-11-5-7-14-6-3-4-8-16(14)23/h3-4,6,8-10,12H,2,5,7,11,13H2,1H3. The number of aromatic nitrogens is 3. The second-order valence-corrected chi connectivity index (χ2v) is 6.38. The lowest BCUT2D eigenvalue weighted by atomic mass is 10.0. The highest BCUT2D eigenvalue weighted by Gasteiger charge is 2.24. The average molecular weight is 364 g/mol. The molecule has 7 nitrogen and oxygen atoms in total. The molecule has 0 fully saturated rings. The number of hydrogen-bond donors (Lipinski definition) is 0. The number of carbonyl (C=O) groups is 1. The number of aryl methyl sites for hydroxylation is 1. The first-order chi connectivity index (χ1) is 13.2. The predicted octanol–water partition coefficient (Wildman–Crippen LogP) is 2.17. The lowest BCUT2D eigenvalue weighted by Crippen LogP contribution is -2.40. The molecule has 0 unspecified atom stereocenters. The molecule has 0 spiro atoms. The zero-order valence-corrected chi connectivity index (χ0v) is 15.1. The summed E-state index contributed by atoms with van der Waals surface area (Å²) in [6.45, 7) is 2.68. The van der Waals surface area contributed by atoms with Crippen LogP contribution in [-0.4, -0.2) is 33.6 Å². The number of ether oxygens (including phenoxy) is 1. The Morgan fingerprint density at radius 3 is 2.96 bits per heavy atom. The molecule has 4 rings (SSSR count). The summed E-state index contributed by atoms with van der Waals surface area (Å²) in [7, 11) is 0. The monoisotopic (exact) mass is 364 g/mol. The van der Waals surface area contributed by atoms with Gasteiger partial charge in [-0.25, -0.2) is 4.98 Å². The molecule has 1 amide bonds. The van der Waals surface area contributed by atoms with Crippen LogP contribution in [0.3, 0.4) is 0 Å². The van der Waals surface area contributed by atoms with Gasteiger partial charge >= 0.3 is 5.56 Å². The van der Waals surface area contributed by atoms with Gasteiger partial charge in [0.1, 0.15) is 12.1 Å². The van der Waals surface area contributed by atoms with Gasteiger partial charge in [-0.05, 0) is 37.5 Å². The van der Waals surface area contributed by atoms with Crippen LogP contribution in [0.15, 0.2) is 47.5 Å². The van der Waals surface area contributed by atoms with Crippen LogP contribution >= 0.6 is 0 Å². The third-order valence-electron chi connectivity index (χ3n) is 4.70. The van der Waals surface area contributed by atoms with Crippen LogP contribution in [0.25, 0.3) is 11.0 Å². The minimum atomic E-state index is -0.408. The molecule has 1 aliphatic rings. The summed E-state index contributed by atoms with van der Waals surface area (Å²) in [5, 5.41) is 0. The van der Waals surface area contributed by atoms with Crippen molar-refractivity contribution < 1.29 is 9.53 Å². The smallest absolute Gasteiger partial charge is 0.314 e. The van der Waals surface area contributed by atoms with Crippen molar-refractivity contribution >= 4 is 22.6 Å². The Labute approximate surface area is 156 Å². The topological polar surface area (TPSA) is 77.3 Å². The molecule has 0 saturated heterocycles. The molecule has 27 heavy (non-hydrogen) atoms. The molecule has 7 heteroatoms. The fraction of sp³-hybridized carbons (Fsp3) is 0.300. The van der Waals surface area contributed by atoms with Crippen LogP contribution in [0.1, 0.15) is 18.9 Å². The molecule has 2 aromatic heterocycles. The van der Waals surface area contributed by atoms with Gasteiger partial charge in [-0.15, -0.1) is 0 Å². The van der Waals surface area contributed by atoms with Crippen molar-refractivity contribution in [2.75, 3.05) is 18.1 Å². The van der Waals surface area contributed by atoms with E-state index in [2.05, 4.69) is 9.97 Å². The summed E-state index contributed by atoms with van der Waals surface area (Å²) in [6, 6.07) is 9.60. The maximum atomic E-state index is 13.1. The molecule has 0 bridgehead atoms. The van der Waals surface area contributed by atoms with Gasteiger partial charge in [0, 0.05) is 18.4 Å². The van der Waals surface area contributed by atoms with Crippen LogP contribution in [0.4, 0.5) is 5.69 Å². The Hall–Kier alpha value is -3.22. The first kappa shape index (κ1) is 17.2. The summed E-state index contributed by atoms with van der Waals surface area (Å²) >= 11 is 0. The van der Waals surface area contributed by atoms with E-state index in [0.29, 0.717) is 24.2 Å². The molecule has 0 saturated carbocycles. The van der Waals surface area contributed by atoms with E-state index in [4.69, 9.17) is 4.74 Å². The minimum Gasteiger partial charge on any atom is -0.474 e. The predicted molar refractivity (Wildman–Crippen MR) is 102 cm³/mol. The number of hydrogen-bond acceptors (Lipinski definition) is 5. The Kier molecular flexibility index (Phi) is 4.58. The largest absolute Gasteiger partial charge is 0.474 e. The second-order valence-electron chi connectivity index (χ2n) is 6.38. The van der Waals surface area contributed by atoms with Crippen molar-refractivity contribution in [2.24, 2.45) is 0 Å². The Morgan fingerprint density at radius 2 is 2.11 bits per heavy atom. The maximum absolute atomic E-state index is 13.1. The number of para-hydroxylation sites is 1. The molecule has 0 N–H and O–H groups in total. The van der Waals surface area contributed by atoms with Crippen molar-refractivity contribution in [3.05, 3.63) is 58.6 Å². The molecule has 0 radical (unpaired) electrons. The number of fused-ring (bicyclic) bond motifs is 2. The van der Waals surface area contributed by atoms with Crippen molar-refractivity contribution in [1.29, 1.82) is 0 Å². The highest BCUT2D eigenvalue weighted by Crippen LogP contribution is 2.27. The van der Waals surface area contributed by atoms with Gasteiger partial charge in [0.2, 0.25) is 5.91 Å². The fourth-order valence-corrected chi connectivity index (χ4v) is 3.48. The normalized spacial score (nSPS) is 13.4. The highest BCUT2D eigenvalue weighted by molar-refractivity contribution is 5.95. The summed E-state index contributed by atoms with van der Waals surface area (Å²) in [5.74, 6) is -0.138. The summed E-state index contributed by atoms with van der Waals surface area (Å²) < 4.78 is 6.80. The number of amides is 1. The molecular formula is C20H20N4O3. The van der Waals surface area contributed by atoms with Crippen LogP contribution < -0.4 is 15.2 Å². The molecule has 3 heterocycles. The van der Waals surface area contributed by atoms with Gasteiger partial charge in [-0.1, -0.05) is 18.2 Å². The van der Waals surface area contributed by atoms with E-state index in [-0.39, 0.29) is 18.3 Å². The lowest BCUT2D eigenvalue weighted by molar-refractivity contribution is -0.119. The SMILES string of the molecule is CCOc1nc2cnccc2n(CC(=O)N2CCCc3ccccc32)c1=O. The van der Waals surface area contributed by atoms with E-state index in [1.807, 2.05) is 24.3 Å². The fourth-order valence-electron chi connectivity index (χ4n) is 3.48. The lowest BCUT2D eigenvalue weighted by Gasteiger charge is -2.29. The van der Waals surface area contributed by atoms with Gasteiger partial charge in [0.15, 0.2) is 0 Å². The van der Waals surface area contributed by atoms with E-state index in [1.54, 1.807) is 30.3 Å². The molecule has 3 aromatic rings. The second kappa shape index (κ2) is 7.19. The Balaban J connectivity index is 1.75. The number of carbonyl (C=O) groups excluding carboxylic acids is 1. The minimum absolute atomic E-state index is 0.00940. The van der Waals surface area contributed by atoms with E-state index >= 15 is 0 Å². The zero-order valence-electron chi connectivity index (χ0n) is 15.1. The van der Waals surface area contributed by atoms with Crippen LogP contribution in [0.2, 0.25) is 0 Å². The molecule has 1 aliphatic heterocycles. The van der Waals surface area contributed by atoms with E-state index in [0.717, 1.165) is 24.1 Å². The number of rotatable bonds is 4. The maximum Gasteiger partial charge on any atom is 0.314 e. The molecule has 138 valence electrons. The van der Waals surface area contributed by atoms with E-state index in [9.17, 15) is 9.59 Å². The Bertz CT molecular complexity index is 1060. The van der Waals surface area contributed by atoms with Gasteiger partial charge in [-0.3, -0.25) is 19.1 Å². The quantitative estimate of drug-likeness (QED) is 0.709. The third-order valence-corrected chi connectivity index (χ3v) is 4.70. The van der Waals surface area contributed by atoms with Gasteiger partial charge < -0.3 is 9.64 Å². The highest BCUT2D eigenvalue weighted by atomic mass is 16.5. The van der Waals surface area contributed by atoms with Crippen LogP contribution in [-0.2, 0) is 17.8 Å². The van der Waals surface area contributed by atoms with Crippen molar-refractivity contribution in [2.45, 2.75) is 26.3 Å². The van der Waals surface area contributed by atoms with E-state index < -0.39 is 5.56 Å². The Morgan fingerprint density at radius 1 is 1.26 bits per heavy atom. The van der Waals surface area contributed by atoms with Crippen molar-refractivity contribution in [3.8, 4) is 5.88 Å². The third kappa shape index (κ3) is 3.16. The number of nitrogens with zero attached hydrogens (tertiary/aromatic N) is 4. The summed E-state index contributed by atoms with van der Waals surface area (Å²) in [6.07, 6.45) is 5.01. The number of pyridine rings is 1. The first-order valence-electron chi connectivity index (χ1n) is 9.04.